The number of fused-ring (bicyclic) bond motifs is 1. The smallest absolute Gasteiger partial charge is 0.336 e. The number of halogens is 1. The summed E-state index contributed by atoms with van der Waals surface area (Å²) in [4.78, 5) is 44.5. The largest absolute Gasteiger partial charge is 0.478 e. The molecule has 7 heteroatoms. The molecule has 6 atom stereocenters. The van der Waals surface area contributed by atoms with E-state index in [1.54, 1.807) is 42.5 Å². The van der Waals surface area contributed by atoms with Crippen LogP contribution in [0.1, 0.15) is 16.8 Å². The summed E-state index contributed by atoms with van der Waals surface area (Å²) in [5.41, 5.74) is 2.20. The first-order chi connectivity index (χ1) is 16.4. The number of nitrogens with zero attached hydrogens (tertiary/aromatic N) is 2. The van der Waals surface area contributed by atoms with Crippen LogP contribution in [0.3, 0.4) is 0 Å². The molecular weight excluding hydrogens is 452 g/mol. The van der Waals surface area contributed by atoms with Crippen LogP contribution < -0.4 is 4.90 Å². The Kier molecular flexibility index (Phi) is 3.96. The van der Waals surface area contributed by atoms with E-state index in [0.29, 0.717) is 44.7 Å². The van der Waals surface area contributed by atoms with E-state index in [0.717, 1.165) is 6.42 Å². The number of hydrogen-bond donors (Lipinski definition) is 1. The highest BCUT2D eigenvalue weighted by atomic mass is 35.5. The molecule has 168 valence electrons. The second-order valence-electron chi connectivity index (χ2n) is 9.71. The number of carbonyl (C=O) groups excluding carboxylic acids is 2. The maximum absolute atomic E-state index is 13.3. The standard InChI is InChI=1S/C27H19ClN2O4/c28-20-3-1-2-16-19(27(33)34)11-21(29-24(16)20)12-4-6-13(7-5-12)30-25(31)22-14-8-9-15(18-10-17(14)18)23(22)26(30)32/h1-9,11,14-15,17-18,22-23H,10H2,(H,33,34). The van der Waals surface area contributed by atoms with Gasteiger partial charge in [0.25, 0.3) is 0 Å². The molecule has 2 aromatic carbocycles. The fraction of sp³-hybridized carbons (Fsp3) is 0.259. The van der Waals surface area contributed by atoms with Gasteiger partial charge >= 0.3 is 5.97 Å². The Morgan fingerprint density at radius 3 is 2.24 bits per heavy atom. The van der Waals surface area contributed by atoms with Crippen LogP contribution in [0.15, 0.2) is 60.7 Å². The lowest BCUT2D eigenvalue weighted by Gasteiger charge is -2.37. The third-order valence-electron chi connectivity index (χ3n) is 8.10. The molecule has 2 heterocycles. The Hall–Kier alpha value is -3.51. The maximum Gasteiger partial charge on any atom is 0.336 e. The lowest BCUT2D eigenvalue weighted by atomic mass is 9.63. The number of rotatable bonds is 3. The second kappa shape index (κ2) is 6.76. The quantitative estimate of drug-likeness (QED) is 0.438. The number of aromatic carboxylic acids is 1. The molecule has 0 radical (unpaired) electrons. The van der Waals surface area contributed by atoms with Crippen molar-refractivity contribution in [3.8, 4) is 11.3 Å². The molecule has 2 bridgehead atoms. The fourth-order valence-electron chi connectivity index (χ4n) is 6.53. The van der Waals surface area contributed by atoms with Gasteiger partial charge in [0.05, 0.1) is 39.3 Å². The van der Waals surface area contributed by atoms with Crippen molar-refractivity contribution in [2.75, 3.05) is 4.90 Å². The lowest BCUT2D eigenvalue weighted by molar-refractivity contribution is -0.124. The number of hydrogen-bond acceptors (Lipinski definition) is 4. The number of carbonyl (C=O) groups is 3. The Bertz CT molecular complexity index is 1430. The number of anilines is 1. The minimum atomic E-state index is -1.07. The van der Waals surface area contributed by atoms with Crippen molar-refractivity contribution >= 4 is 46.0 Å². The zero-order chi connectivity index (χ0) is 23.3. The van der Waals surface area contributed by atoms with Gasteiger partial charge in [0, 0.05) is 10.9 Å². The van der Waals surface area contributed by atoms with Gasteiger partial charge in [0.2, 0.25) is 11.8 Å². The van der Waals surface area contributed by atoms with E-state index >= 15 is 0 Å². The summed E-state index contributed by atoms with van der Waals surface area (Å²) in [7, 11) is 0. The van der Waals surface area contributed by atoms with Gasteiger partial charge in [-0.3, -0.25) is 14.5 Å². The number of carboxylic acid groups (broad SMARTS) is 1. The maximum atomic E-state index is 13.3. The number of carboxylic acids is 1. The van der Waals surface area contributed by atoms with Crippen LogP contribution in [0.25, 0.3) is 22.2 Å². The Morgan fingerprint density at radius 1 is 0.971 bits per heavy atom. The first-order valence-electron chi connectivity index (χ1n) is 11.4. The van der Waals surface area contributed by atoms with Crippen molar-refractivity contribution in [2.24, 2.45) is 35.5 Å². The summed E-state index contributed by atoms with van der Waals surface area (Å²) in [6.07, 6.45) is 5.45. The van der Waals surface area contributed by atoms with Crippen LogP contribution in [0.2, 0.25) is 5.02 Å². The normalized spacial score (nSPS) is 30.6. The monoisotopic (exact) mass is 470 g/mol. The zero-order valence-corrected chi connectivity index (χ0v) is 18.6. The number of benzene rings is 2. The van der Waals surface area contributed by atoms with Crippen molar-refractivity contribution < 1.29 is 19.5 Å². The molecule has 3 fully saturated rings. The van der Waals surface area contributed by atoms with Crippen molar-refractivity contribution in [1.29, 1.82) is 0 Å². The average molecular weight is 471 g/mol. The minimum absolute atomic E-state index is 0.101. The molecule has 2 amide bonds. The van der Waals surface area contributed by atoms with E-state index in [1.807, 2.05) is 0 Å². The van der Waals surface area contributed by atoms with Gasteiger partial charge in [0.1, 0.15) is 0 Å². The number of para-hydroxylation sites is 1. The van der Waals surface area contributed by atoms with Gasteiger partial charge < -0.3 is 5.11 Å². The number of amides is 2. The molecule has 4 aliphatic carbocycles. The Morgan fingerprint density at radius 2 is 1.62 bits per heavy atom. The number of allylic oxidation sites excluding steroid dienone is 2. The Labute approximate surface area is 199 Å². The third-order valence-corrected chi connectivity index (χ3v) is 8.41. The van der Waals surface area contributed by atoms with E-state index in [-0.39, 0.29) is 41.0 Å². The molecular formula is C27H19ClN2O4. The topological polar surface area (TPSA) is 87.6 Å². The first kappa shape index (κ1) is 19.9. The van der Waals surface area contributed by atoms with E-state index in [1.165, 1.54) is 11.0 Å². The molecule has 1 aromatic heterocycles. The fourth-order valence-corrected chi connectivity index (χ4v) is 6.75. The van der Waals surface area contributed by atoms with Crippen LogP contribution in [0.4, 0.5) is 5.69 Å². The molecule has 1 N–H and O–H groups in total. The van der Waals surface area contributed by atoms with Crippen molar-refractivity contribution in [3.63, 3.8) is 0 Å². The highest BCUT2D eigenvalue weighted by Gasteiger charge is 2.67. The van der Waals surface area contributed by atoms with Crippen molar-refractivity contribution in [3.05, 3.63) is 71.3 Å². The molecule has 3 aromatic rings. The van der Waals surface area contributed by atoms with Crippen LogP contribution in [0.5, 0.6) is 0 Å². The number of pyridine rings is 1. The third kappa shape index (κ3) is 2.57. The molecule has 6 unspecified atom stereocenters. The van der Waals surface area contributed by atoms with Gasteiger partial charge in [-0.05, 0) is 54.4 Å². The molecule has 8 rings (SSSR count). The van der Waals surface area contributed by atoms with E-state index in [2.05, 4.69) is 17.1 Å². The summed E-state index contributed by atoms with van der Waals surface area (Å²) in [6.45, 7) is 0. The Balaban J connectivity index is 1.25. The zero-order valence-electron chi connectivity index (χ0n) is 17.9. The second-order valence-corrected chi connectivity index (χ2v) is 10.1. The van der Waals surface area contributed by atoms with E-state index in [9.17, 15) is 19.5 Å². The molecule has 1 aliphatic heterocycles. The lowest BCUT2D eigenvalue weighted by Crippen LogP contribution is -2.40. The van der Waals surface area contributed by atoms with Gasteiger partial charge in [-0.1, -0.05) is 48.0 Å². The van der Waals surface area contributed by atoms with Gasteiger partial charge in [0.15, 0.2) is 0 Å². The summed E-state index contributed by atoms with van der Waals surface area (Å²) in [5.74, 6) is -0.267. The predicted octanol–water partition coefficient (Wildman–Crippen LogP) is 4.81. The van der Waals surface area contributed by atoms with Crippen LogP contribution in [-0.4, -0.2) is 27.9 Å². The van der Waals surface area contributed by atoms with E-state index < -0.39 is 5.97 Å². The SMILES string of the molecule is O=C(O)c1cc(-c2ccc(N3C(=O)C4C5C=CC(C6CC56)C4C3=O)cc2)nc2c(Cl)cccc12. The van der Waals surface area contributed by atoms with Crippen LogP contribution >= 0.6 is 11.6 Å². The molecule has 0 spiro atoms. The summed E-state index contributed by atoms with van der Waals surface area (Å²) >= 11 is 6.30. The highest BCUT2D eigenvalue weighted by Crippen LogP contribution is 2.65. The molecule has 1 saturated heterocycles. The summed E-state index contributed by atoms with van der Waals surface area (Å²) in [5, 5.41) is 10.5. The van der Waals surface area contributed by atoms with Gasteiger partial charge in [-0.2, -0.15) is 0 Å². The molecule has 5 aliphatic rings. The van der Waals surface area contributed by atoms with Crippen LogP contribution in [0, 0.1) is 35.5 Å². The highest BCUT2D eigenvalue weighted by molar-refractivity contribution is 6.35. The molecule has 2 saturated carbocycles. The average Bonchev–Trinajstić information content (AvgIpc) is 3.62. The predicted molar refractivity (Wildman–Crippen MR) is 126 cm³/mol. The van der Waals surface area contributed by atoms with Gasteiger partial charge in [-0.15, -0.1) is 0 Å². The van der Waals surface area contributed by atoms with Gasteiger partial charge in [-0.25, -0.2) is 9.78 Å². The molecule has 34 heavy (non-hydrogen) atoms. The number of imide groups is 1. The number of aromatic nitrogens is 1. The molecule has 6 nitrogen and oxygen atoms in total. The minimum Gasteiger partial charge on any atom is -0.478 e. The summed E-state index contributed by atoms with van der Waals surface area (Å²) in [6, 6.07) is 13.6. The first-order valence-corrected chi connectivity index (χ1v) is 11.8. The van der Waals surface area contributed by atoms with Crippen molar-refractivity contribution in [2.45, 2.75) is 6.42 Å². The van der Waals surface area contributed by atoms with Crippen molar-refractivity contribution in [1.82, 2.24) is 4.98 Å². The summed E-state index contributed by atoms with van der Waals surface area (Å²) < 4.78 is 0. The van der Waals surface area contributed by atoms with Crippen LogP contribution in [-0.2, 0) is 9.59 Å². The van der Waals surface area contributed by atoms with E-state index in [4.69, 9.17) is 11.6 Å².